The quantitative estimate of drug-likeness (QED) is 0.108. The van der Waals surface area contributed by atoms with Gasteiger partial charge in [-0.05, 0) is 72.5 Å². The van der Waals surface area contributed by atoms with Crippen LogP contribution in [-0.4, -0.2) is 11.6 Å². The van der Waals surface area contributed by atoms with E-state index < -0.39 is 5.41 Å². The maximum atomic E-state index is 13.4. The Morgan fingerprint density at radius 3 is 2.08 bits per heavy atom. The fourth-order valence-electron chi connectivity index (χ4n) is 7.55. The molecular weight excluding hydrogens is 623 g/mol. The van der Waals surface area contributed by atoms with Crippen molar-refractivity contribution in [3.8, 4) is 17.2 Å². The zero-order valence-corrected chi connectivity index (χ0v) is 28.2. The summed E-state index contributed by atoms with van der Waals surface area (Å²) in [7, 11) is 0. The van der Waals surface area contributed by atoms with Gasteiger partial charge in [0.05, 0.1) is 35.2 Å². The lowest BCUT2D eigenvalue weighted by Gasteiger charge is -2.40. The maximum absolute atomic E-state index is 13.4. The van der Waals surface area contributed by atoms with Crippen molar-refractivity contribution in [3.05, 3.63) is 158 Å². The summed E-state index contributed by atoms with van der Waals surface area (Å²) in [6, 6.07) is 33.8. The standard InChI is InChI=1S/C43H29N3O2S/c1-24-18-28(45-5)19-25(2)39(24)26-14-17-38-35(20-26)43(3,4)36-22-29(21-34-40(47)32-12-8-9-13-33(32)41(34)48)49-42(36)46(38)37-16-15-27(23-44)30-10-6-7-11-31(30)37/h6-22H,1-4H3. The average molecular weight is 652 g/mol. The fourth-order valence-corrected chi connectivity index (χ4v) is 8.84. The predicted molar refractivity (Wildman–Crippen MR) is 198 cm³/mol. The molecule has 1 aliphatic carbocycles. The first-order chi connectivity index (χ1) is 23.6. The number of anilines is 3. The van der Waals surface area contributed by atoms with Gasteiger partial charge in [0, 0.05) is 32.2 Å². The van der Waals surface area contributed by atoms with Crippen LogP contribution in [0.15, 0.2) is 103 Å². The van der Waals surface area contributed by atoms with E-state index in [1.807, 2.05) is 48.5 Å². The minimum absolute atomic E-state index is 0.182. The van der Waals surface area contributed by atoms with Gasteiger partial charge in [0.1, 0.15) is 5.00 Å². The van der Waals surface area contributed by atoms with Gasteiger partial charge in [-0.25, -0.2) is 4.85 Å². The van der Waals surface area contributed by atoms with E-state index in [1.165, 1.54) is 0 Å². The molecule has 234 valence electrons. The number of allylic oxidation sites excluding steroid dienone is 1. The SMILES string of the molecule is [C-]#[N+]c1cc(C)c(-c2ccc3c(c2)C(C)(C)c2cc(C=C4C(=O)c5ccccc5C4=O)sc2N3c2ccc(C#N)c3ccccc23)c(C)c1. The first-order valence-corrected chi connectivity index (χ1v) is 16.8. The number of nitrogens with zero attached hydrogens (tertiary/aromatic N) is 3. The van der Waals surface area contributed by atoms with E-state index in [9.17, 15) is 14.9 Å². The third kappa shape index (κ3) is 4.49. The maximum Gasteiger partial charge on any atom is 0.197 e. The monoisotopic (exact) mass is 651 g/mol. The predicted octanol–water partition coefficient (Wildman–Crippen LogP) is 11.2. The molecule has 8 rings (SSSR count). The van der Waals surface area contributed by atoms with E-state index in [0.717, 1.165) is 65.4 Å². The van der Waals surface area contributed by atoms with Crippen LogP contribution in [0.25, 0.3) is 32.8 Å². The van der Waals surface area contributed by atoms with Gasteiger partial charge in [0.25, 0.3) is 0 Å². The van der Waals surface area contributed by atoms with Crippen LogP contribution in [0.4, 0.5) is 22.1 Å². The number of hydrogen-bond donors (Lipinski definition) is 0. The summed E-state index contributed by atoms with van der Waals surface area (Å²) < 4.78 is 0. The van der Waals surface area contributed by atoms with Gasteiger partial charge >= 0.3 is 0 Å². The summed E-state index contributed by atoms with van der Waals surface area (Å²) >= 11 is 1.55. The second-order valence-electron chi connectivity index (χ2n) is 13.2. The largest absolute Gasteiger partial charge is 0.301 e. The Hall–Kier alpha value is -6.08. The number of rotatable bonds is 3. The van der Waals surface area contributed by atoms with Crippen molar-refractivity contribution in [1.29, 1.82) is 5.26 Å². The number of carbonyl (C=O) groups is 2. The van der Waals surface area contributed by atoms with E-state index in [4.69, 9.17) is 6.57 Å². The van der Waals surface area contributed by atoms with Gasteiger partial charge in [-0.3, -0.25) is 9.59 Å². The minimum atomic E-state index is -0.447. The molecule has 1 aliphatic heterocycles. The first kappa shape index (κ1) is 30.3. The van der Waals surface area contributed by atoms with Gasteiger partial charge in [0.2, 0.25) is 0 Å². The van der Waals surface area contributed by atoms with Crippen LogP contribution in [0.1, 0.15) is 67.3 Å². The summed E-state index contributed by atoms with van der Waals surface area (Å²) in [6.45, 7) is 16.1. The first-order valence-electron chi connectivity index (χ1n) is 16.0. The van der Waals surface area contributed by atoms with E-state index >= 15 is 0 Å². The Morgan fingerprint density at radius 2 is 1.43 bits per heavy atom. The molecule has 0 amide bonds. The second kappa shape index (κ2) is 11.0. The highest BCUT2D eigenvalue weighted by molar-refractivity contribution is 7.17. The molecule has 0 fully saturated rings. The van der Waals surface area contributed by atoms with Gasteiger partial charge in [-0.15, -0.1) is 11.3 Å². The Balaban J connectivity index is 1.37. The van der Waals surface area contributed by atoms with Crippen LogP contribution in [-0.2, 0) is 5.41 Å². The zero-order chi connectivity index (χ0) is 34.2. The Morgan fingerprint density at radius 1 is 0.796 bits per heavy atom. The van der Waals surface area contributed by atoms with Crippen molar-refractivity contribution in [3.63, 3.8) is 0 Å². The number of hydrogen-bond acceptors (Lipinski definition) is 5. The van der Waals surface area contributed by atoms with E-state index in [0.29, 0.717) is 22.4 Å². The molecule has 0 radical (unpaired) electrons. The summed E-state index contributed by atoms with van der Waals surface area (Å²) in [5.41, 5.74) is 10.3. The number of Topliss-reactive ketones (excluding diaryl/α,β-unsaturated/α-hetero) is 2. The summed E-state index contributed by atoms with van der Waals surface area (Å²) in [6.07, 6.45) is 1.75. The molecule has 0 unspecified atom stereocenters. The molecule has 6 aromatic rings. The third-order valence-corrected chi connectivity index (χ3v) is 11.0. The normalized spacial score (nSPS) is 14.2. The number of aryl methyl sites for hydroxylation is 2. The number of ketones is 2. The lowest BCUT2D eigenvalue weighted by atomic mass is 9.74. The number of fused-ring (bicyclic) bond motifs is 4. The molecule has 0 saturated carbocycles. The van der Waals surface area contributed by atoms with Crippen molar-refractivity contribution in [2.45, 2.75) is 33.1 Å². The van der Waals surface area contributed by atoms with Gasteiger partial charge < -0.3 is 4.90 Å². The van der Waals surface area contributed by atoms with E-state index in [2.05, 4.69) is 67.8 Å². The summed E-state index contributed by atoms with van der Waals surface area (Å²) in [4.78, 5) is 33.5. The number of carbonyl (C=O) groups excluding carboxylic acids is 2. The molecule has 0 bridgehead atoms. The van der Waals surface area contributed by atoms with Crippen LogP contribution in [0, 0.1) is 31.8 Å². The summed E-state index contributed by atoms with van der Waals surface area (Å²) in [5.74, 6) is -0.492. The molecule has 49 heavy (non-hydrogen) atoms. The van der Waals surface area contributed by atoms with Crippen molar-refractivity contribution in [2.24, 2.45) is 0 Å². The number of benzene rings is 5. The Kier molecular flexibility index (Phi) is 6.79. The number of nitriles is 1. The number of thiophene rings is 1. The van der Waals surface area contributed by atoms with Crippen LogP contribution in [0.3, 0.4) is 0 Å². The highest BCUT2D eigenvalue weighted by Crippen LogP contribution is 2.57. The molecule has 0 N–H and O–H groups in total. The lowest BCUT2D eigenvalue weighted by Crippen LogP contribution is -2.29. The van der Waals surface area contributed by atoms with Crippen molar-refractivity contribution < 1.29 is 9.59 Å². The highest BCUT2D eigenvalue weighted by Gasteiger charge is 2.40. The third-order valence-electron chi connectivity index (χ3n) is 9.91. The molecule has 5 aromatic carbocycles. The average Bonchev–Trinajstić information content (AvgIpc) is 3.64. The molecular formula is C43H29N3O2S. The Bertz CT molecular complexity index is 2510. The van der Waals surface area contributed by atoms with Gasteiger partial charge in [-0.1, -0.05) is 91.7 Å². The molecule has 2 heterocycles. The topological polar surface area (TPSA) is 65.5 Å². The van der Waals surface area contributed by atoms with Crippen molar-refractivity contribution in [1.82, 2.24) is 0 Å². The lowest BCUT2D eigenvalue weighted by molar-refractivity contribution is 0.0990. The van der Waals surface area contributed by atoms with Crippen molar-refractivity contribution >= 4 is 61.8 Å². The minimum Gasteiger partial charge on any atom is -0.301 e. The zero-order valence-electron chi connectivity index (χ0n) is 27.4. The van der Waals surface area contributed by atoms with E-state index in [-0.39, 0.29) is 17.1 Å². The molecule has 0 spiro atoms. The molecule has 2 aliphatic rings. The van der Waals surface area contributed by atoms with Crippen LogP contribution in [0.2, 0.25) is 0 Å². The highest BCUT2D eigenvalue weighted by atomic mass is 32.1. The fraction of sp³-hybridized carbons (Fsp3) is 0.116. The van der Waals surface area contributed by atoms with Crippen LogP contribution >= 0.6 is 11.3 Å². The molecule has 0 saturated heterocycles. The summed E-state index contributed by atoms with van der Waals surface area (Å²) in [5, 5.41) is 12.8. The van der Waals surface area contributed by atoms with Crippen LogP contribution < -0.4 is 4.90 Å². The molecule has 6 heteroatoms. The van der Waals surface area contributed by atoms with Crippen molar-refractivity contribution in [2.75, 3.05) is 4.90 Å². The van der Waals surface area contributed by atoms with Crippen LogP contribution in [0.5, 0.6) is 0 Å². The molecule has 0 atom stereocenters. The smallest absolute Gasteiger partial charge is 0.197 e. The Labute approximate surface area is 288 Å². The molecule has 5 nitrogen and oxygen atoms in total. The van der Waals surface area contributed by atoms with Gasteiger partial charge in [-0.2, -0.15) is 5.26 Å². The molecule has 1 aromatic heterocycles. The van der Waals surface area contributed by atoms with E-state index in [1.54, 1.807) is 41.7 Å². The second-order valence-corrected chi connectivity index (χ2v) is 14.2. The van der Waals surface area contributed by atoms with Gasteiger partial charge in [0.15, 0.2) is 17.3 Å².